The third kappa shape index (κ3) is 7.27. The Morgan fingerprint density at radius 2 is 1.74 bits per heavy atom. The molecule has 0 heterocycles. The first-order valence-electron chi connectivity index (χ1n) is 8.69. The number of nitrogens with zero attached hydrogens (tertiary/aromatic N) is 1. The van der Waals surface area contributed by atoms with Crippen molar-refractivity contribution in [1.82, 2.24) is 5.43 Å². The second-order valence-electron chi connectivity index (χ2n) is 6.48. The van der Waals surface area contributed by atoms with Crippen molar-refractivity contribution in [1.29, 1.82) is 0 Å². The predicted molar refractivity (Wildman–Crippen MR) is 113 cm³/mol. The molecule has 0 spiro atoms. The molecule has 0 atom stereocenters. The highest BCUT2D eigenvalue weighted by Gasteiger charge is 2.04. The molecule has 0 radical (unpaired) electrons. The quantitative estimate of drug-likeness (QED) is 0.560. The number of benzene rings is 2. The van der Waals surface area contributed by atoms with Crippen molar-refractivity contribution in [2.45, 2.75) is 33.4 Å². The molecule has 0 aromatic heterocycles. The van der Waals surface area contributed by atoms with E-state index in [1.165, 1.54) is 23.6 Å². The third-order valence-corrected chi connectivity index (χ3v) is 4.74. The van der Waals surface area contributed by atoms with Crippen molar-refractivity contribution in [3.8, 4) is 0 Å². The van der Waals surface area contributed by atoms with Crippen molar-refractivity contribution in [3.63, 3.8) is 0 Å². The number of rotatable bonds is 7. The van der Waals surface area contributed by atoms with Crippen LogP contribution in [-0.4, -0.2) is 23.3 Å². The summed E-state index contributed by atoms with van der Waals surface area (Å²) in [6, 6.07) is 13.8. The van der Waals surface area contributed by atoms with Gasteiger partial charge in [0.25, 0.3) is 0 Å². The Morgan fingerprint density at radius 3 is 2.41 bits per heavy atom. The van der Waals surface area contributed by atoms with Crippen LogP contribution < -0.4 is 10.7 Å². The van der Waals surface area contributed by atoms with Crippen LogP contribution in [0.25, 0.3) is 0 Å². The van der Waals surface area contributed by atoms with Crippen molar-refractivity contribution in [3.05, 3.63) is 64.7 Å². The fraction of sp³-hybridized carbons (Fsp3) is 0.286. The van der Waals surface area contributed by atoms with Gasteiger partial charge in [0.2, 0.25) is 11.8 Å². The Bertz CT molecular complexity index is 842. The van der Waals surface area contributed by atoms with Crippen molar-refractivity contribution < 1.29 is 9.59 Å². The zero-order chi connectivity index (χ0) is 19.8. The first kappa shape index (κ1) is 20.7. The maximum absolute atomic E-state index is 12.0. The number of carbonyl (C=O) groups excluding carboxylic acids is 2. The van der Waals surface area contributed by atoms with E-state index >= 15 is 0 Å². The van der Waals surface area contributed by atoms with Crippen LogP contribution in [0.15, 0.2) is 47.6 Å². The summed E-state index contributed by atoms with van der Waals surface area (Å²) in [5.41, 5.74) is 8.49. The first-order valence-corrected chi connectivity index (χ1v) is 9.85. The number of aryl methyl sites for hydroxylation is 2. The number of carbonyl (C=O) groups is 2. The number of hydrogen-bond acceptors (Lipinski definition) is 4. The van der Waals surface area contributed by atoms with Crippen LogP contribution >= 0.6 is 11.8 Å². The predicted octanol–water partition coefficient (Wildman–Crippen LogP) is 4.04. The first-order chi connectivity index (χ1) is 12.8. The number of amides is 2. The van der Waals surface area contributed by atoms with Crippen molar-refractivity contribution >= 4 is 35.0 Å². The lowest BCUT2D eigenvalue weighted by molar-refractivity contribution is -0.118. The largest absolute Gasteiger partial charge is 0.326 e. The number of nitrogens with one attached hydrogen (secondary N) is 2. The standard InChI is InChI=1S/C21H25N3O2S/c1-14-8-15(2)10-18(9-14)12-27-13-21(26)24-23-16(3)19-6-5-7-20(11-19)22-17(4)25/h5-11H,12-13H2,1-4H3,(H,22,25)(H,24,26)/b23-16-. The van der Waals surface area contributed by atoms with Gasteiger partial charge in [0.05, 0.1) is 11.5 Å². The molecule has 2 aromatic rings. The lowest BCUT2D eigenvalue weighted by Crippen LogP contribution is -2.21. The highest BCUT2D eigenvalue weighted by atomic mass is 32.2. The molecule has 0 saturated heterocycles. The van der Waals surface area contributed by atoms with Crippen LogP contribution in [0.3, 0.4) is 0 Å². The van der Waals surface area contributed by atoms with Gasteiger partial charge in [-0.2, -0.15) is 5.10 Å². The second-order valence-corrected chi connectivity index (χ2v) is 7.47. The monoisotopic (exact) mass is 383 g/mol. The zero-order valence-electron chi connectivity index (χ0n) is 16.1. The molecule has 0 saturated carbocycles. The minimum Gasteiger partial charge on any atom is -0.326 e. The summed E-state index contributed by atoms with van der Waals surface area (Å²) in [4.78, 5) is 23.2. The van der Waals surface area contributed by atoms with E-state index in [9.17, 15) is 9.59 Å². The van der Waals surface area contributed by atoms with E-state index in [0.717, 1.165) is 11.3 Å². The summed E-state index contributed by atoms with van der Waals surface area (Å²) in [7, 11) is 0. The molecular formula is C21H25N3O2S. The molecule has 6 heteroatoms. The Kier molecular flexibility index (Phi) is 7.61. The highest BCUT2D eigenvalue weighted by molar-refractivity contribution is 7.99. The summed E-state index contributed by atoms with van der Waals surface area (Å²) in [5.74, 6) is 0.866. The molecule has 2 aromatic carbocycles. The highest BCUT2D eigenvalue weighted by Crippen LogP contribution is 2.16. The molecule has 2 rings (SSSR count). The molecule has 27 heavy (non-hydrogen) atoms. The minimum atomic E-state index is -0.137. The maximum Gasteiger partial charge on any atom is 0.250 e. The topological polar surface area (TPSA) is 70.6 Å². The van der Waals surface area contributed by atoms with Crippen molar-refractivity contribution in [2.75, 3.05) is 11.1 Å². The Balaban J connectivity index is 1.85. The lowest BCUT2D eigenvalue weighted by atomic mass is 10.1. The molecule has 2 N–H and O–H groups in total. The summed E-state index contributed by atoms with van der Waals surface area (Å²) in [6.07, 6.45) is 0. The molecule has 0 bridgehead atoms. The summed E-state index contributed by atoms with van der Waals surface area (Å²) >= 11 is 1.56. The summed E-state index contributed by atoms with van der Waals surface area (Å²) < 4.78 is 0. The number of thioether (sulfide) groups is 1. The van der Waals surface area contributed by atoms with Gasteiger partial charge < -0.3 is 5.32 Å². The van der Waals surface area contributed by atoms with Crippen molar-refractivity contribution in [2.24, 2.45) is 5.10 Å². The third-order valence-electron chi connectivity index (χ3n) is 3.73. The molecule has 2 amide bonds. The van der Waals surface area contributed by atoms with E-state index < -0.39 is 0 Å². The Hall–Kier alpha value is -2.60. The van der Waals surface area contributed by atoms with Gasteiger partial charge in [0.1, 0.15) is 0 Å². The number of anilines is 1. The van der Waals surface area contributed by atoms with E-state index in [1.54, 1.807) is 17.8 Å². The van der Waals surface area contributed by atoms with E-state index in [2.05, 4.69) is 47.9 Å². The molecule has 5 nitrogen and oxygen atoms in total. The van der Waals surface area contributed by atoms with Crippen LogP contribution in [0.2, 0.25) is 0 Å². The minimum absolute atomic E-state index is 0.129. The van der Waals surface area contributed by atoms with Gasteiger partial charge in [0, 0.05) is 18.4 Å². The fourth-order valence-electron chi connectivity index (χ4n) is 2.68. The van der Waals surface area contributed by atoms with Crippen LogP contribution in [0.1, 0.15) is 36.1 Å². The molecule has 0 aliphatic heterocycles. The van der Waals surface area contributed by atoms with E-state index in [-0.39, 0.29) is 11.8 Å². The zero-order valence-corrected chi connectivity index (χ0v) is 16.9. The molecule has 0 unspecified atom stereocenters. The Morgan fingerprint density at radius 1 is 1.04 bits per heavy atom. The van der Waals surface area contributed by atoms with Gasteiger partial charge >= 0.3 is 0 Å². The van der Waals surface area contributed by atoms with Crippen LogP contribution in [0.4, 0.5) is 5.69 Å². The SMILES string of the molecule is CC(=O)Nc1cccc(/C(C)=N\NC(=O)CSCc2cc(C)cc(C)c2)c1. The molecule has 0 fully saturated rings. The van der Waals surface area contributed by atoms with Gasteiger partial charge in [0.15, 0.2) is 0 Å². The van der Waals surface area contributed by atoms with Crippen LogP contribution in [0.5, 0.6) is 0 Å². The number of hydrazone groups is 1. The second kappa shape index (κ2) is 9.92. The van der Waals surface area contributed by atoms with Gasteiger partial charge in [-0.1, -0.05) is 41.5 Å². The van der Waals surface area contributed by atoms with E-state index in [4.69, 9.17) is 0 Å². The average molecular weight is 384 g/mol. The van der Waals surface area contributed by atoms with E-state index in [0.29, 0.717) is 17.2 Å². The maximum atomic E-state index is 12.0. The molecule has 0 aliphatic carbocycles. The van der Waals surface area contributed by atoms with Crippen LogP contribution in [-0.2, 0) is 15.3 Å². The average Bonchev–Trinajstić information content (AvgIpc) is 2.58. The van der Waals surface area contributed by atoms with Gasteiger partial charge in [-0.25, -0.2) is 5.43 Å². The van der Waals surface area contributed by atoms with Crippen LogP contribution in [0, 0.1) is 13.8 Å². The van der Waals surface area contributed by atoms with Gasteiger partial charge in [-0.15, -0.1) is 11.8 Å². The molecule has 142 valence electrons. The fourth-order valence-corrected chi connectivity index (χ4v) is 3.44. The summed E-state index contributed by atoms with van der Waals surface area (Å²) in [5, 5.41) is 6.89. The lowest BCUT2D eigenvalue weighted by Gasteiger charge is -2.07. The summed E-state index contributed by atoms with van der Waals surface area (Å²) in [6.45, 7) is 7.43. The number of hydrogen-bond donors (Lipinski definition) is 2. The smallest absolute Gasteiger partial charge is 0.250 e. The molecule has 0 aliphatic rings. The van der Waals surface area contributed by atoms with Gasteiger partial charge in [-0.05, 0) is 44.0 Å². The van der Waals surface area contributed by atoms with E-state index in [1.807, 2.05) is 25.1 Å². The van der Waals surface area contributed by atoms with Gasteiger partial charge in [-0.3, -0.25) is 9.59 Å². The Labute approximate surface area is 164 Å². The normalized spacial score (nSPS) is 11.2. The molecular weight excluding hydrogens is 358 g/mol.